The minimum Gasteiger partial charge on any atom is -0.392 e. The normalized spacial score (nSPS) is 21.7. The van der Waals surface area contributed by atoms with Crippen molar-refractivity contribution in [2.75, 3.05) is 11.1 Å². The number of nitrogens with one attached hydrogen (secondary N) is 1. The third-order valence-electron chi connectivity index (χ3n) is 6.44. The highest BCUT2D eigenvalue weighted by atomic mass is 35.6. The number of halogens is 3. The van der Waals surface area contributed by atoms with E-state index in [1.807, 2.05) is 48.5 Å². The maximum atomic E-state index is 12.2. The molecule has 11 heteroatoms. The number of nitrogens with zero attached hydrogens (tertiary/aromatic N) is 1. The summed E-state index contributed by atoms with van der Waals surface area (Å²) in [5, 5.41) is 12.1. The molecule has 5 rings (SSSR count). The van der Waals surface area contributed by atoms with Crippen LogP contribution in [-0.2, 0) is 20.9 Å². The van der Waals surface area contributed by atoms with Gasteiger partial charge in [-0.25, -0.2) is 4.98 Å². The predicted molar refractivity (Wildman–Crippen MR) is 159 cm³/mol. The van der Waals surface area contributed by atoms with Crippen molar-refractivity contribution in [2.45, 2.75) is 40.2 Å². The number of carbonyl (C=O) groups is 1. The van der Waals surface area contributed by atoms with Gasteiger partial charge in [0.2, 0.25) is 0 Å². The summed E-state index contributed by atoms with van der Waals surface area (Å²) in [6.07, 6.45) is -1.13. The van der Waals surface area contributed by atoms with E-state index in [-0.39, 0.29) is 24.7 Å². The van der Waals surface area contributed by atoms with Crippen LogP contribution in [0.2, 0.25) is 0 Å². The van der Waals surface area contributed by atoms with Crippen LogP contribution in [0.25, 0.3) is 10.2 Å². The number of ether oxygens (including phenoxy) is 2. The Hall–Kier alpha value is -1.88. The third-order valence-corrected chi connectivity index (χ3v) is 9.23. The molecule has 4 aromatic rings. The number of hydrogen-bond donors (Lipinski definition) is 2. The fourth-order valence-corrected chi connectivity index (χ4v) is 6.74. The van der Waals surface area contributed by atoms with E-state index in [1.165, 1.54) is 0 Å². The summed E-state index contributed by atoms with van der Waals surface area (Å²) in [4.78, 5) is 16.9. The largest absolute Gasteiger partial charge is 0.392 e. The van der Waals surface area contributed by atoms with E-state index in [0.717, 1.165) is 31.2 Å². The second-order valence-electron chi connectivity index (χ2n) is 9.16. The van der Waals surface area contributed by atoms with E-state index < -0.39 is 16.0 Å². The zero-order valence-corrected chi connectivity index (χ0v) is 24.6. The Kier molecular flexibility index (Phi) is 9.05. The molecular weight excluding hydrogens is 599 g/mol. The van der Waals surface area contributed by atoms with Gasteiger partial charge in [-0.3, -0.25) is 4.79 Å². The molecule has 1 aliphatic rings. The monoisotopic (exact) mass is 622 g/mol. The molecule has 0 bridgehead atoms. The van der Waals surface area contributed by atoms with E-state index in [0.29, 0.717) is 11.4 Å². The van der Waals surface area contributed by atoms with Crippen LogP contribution in [0.3, 0.4) is 0 Å². The van der Waals surface area contributed by atoms with Crippen molar-refractivity contribution in [3.05, 3.63) is 89.5 Å². The SMILES string of the molecule is C[C@H]1[C@@H](CSc2nc3ccccc3s2)O[C@@H](c2cccc(NC(=O)C(Cl)(Cl)Cl)c2)O[C@H]1c1ccc(CO)cc1. The van der Waals surface area contributed by atoms with Crippen molar-refractivity contribution in [1.29, 1.82) is 0 Å². The summed E-state index contributed by atoms with van der Waals surface area (Å²) in [6, 6.07) is 22.9. The lowest BCUT2D eigenvalue weighted by atomic mass is 9.91. The molecule has 1 amide bonds. The van der Waals surface area contributed by atoms with E-state index in [9.17, 15) is 9.90 Å². The molecule has 3 aromatic carbocycles. The molecule has 0 spiro atoms. The van der Waals surface area contributed by atoms with Gasteiger partial charge in [-0.05, 0) is 35.4 Å². The van der Waals surface area contributed by atoms with E-state index in [2.05, 4.69) is 18.3 Å². The predicted octanol–water partition coefficient (Wildman–Crippen LogP) is 7.68. The summed E-state index contributed by atoms with van der Waals surface area (Å²) < 4.78 is 13.1. The van der Waals surface area contributed by atoms with Crippen LogP contribution in [0.5, 0.6) is 0 Å². The zero-order chi connectivity index (χ0) is 27.6. The number of rotatable bonds is 7. The van der Waals surface area contributed by atoms with Crippen LogP contribution in [-0.4, -0.2) is 31.6 Å². The molecule has 0 unspecified atom stereocenters. The molecule has 39 heavy (non-hydrogen) atoms. The number of thioether (sulfide) groups is 1. The Morgan fingerprint density at radius 1 is 1.05 bits per heavy atom. The van der Waals surface area contributed by atoms with Crippen molar-refractivity contribution < 1.29 is 19.4 Å². The van der Waals surface area contributed by atoms with Gasteiger partial charge >= 0.3 is 0 Å². The summed E-state index contributed by atoms with van der Waals surface area (Å²) >= 11 is 20.5. The highest BCUT2D eigenvalue weighted by Crippen LogP contribution is 2.44. The number of fused-ring (bicyclic) bond motifs is 1. The van der Waals surface area contributed by atoms with Crippen molar-refractivity contribution in [2.24, 2.45) is 5.92 Å². The molecule has 1 aromatic heterocycles. The first-order valence-electron chi connectivity index (χ1n) is 12.2. The second-order valence-corrected chi connectivity index (χ2v) is 13.7. The standard InChI is InChI=1S/C28H25Cl3N2O4S2/c1-16-22(15-38-27-33-21-7-2-3-8-23(21)39-27)36-25(37-24(16)18-11-9-17(14-34)10-12-18)19-5-4-6-20(13-19)32-26(35)28(29,30)31/h2-13,16,22,24-25,34H,14-15H2,1H3,(H,32,35)/t16-,22+,24+,25+/m0/s1. The molecule has 4 atom stereocenters. The van der Waals surface area contributed by atoms with Crippen molar-refractivity contribution in [3.8, 4) is 0 Å². The topological polar surface area (TPSA) is 80.7 Å². The van der Waals surface area contributed by atoms with Crippen LogP contribution in [0.15, 0.2) is 77.1 Å². The Morgan fingerprint density at radius 2 is 1.82 bits per heavy atom. The number of aliphatic hydroxyl groups is 1. The molecule has 2 N–H and O–H groups in total. The average molecular weight is 624 g/mol. The number of carbonyl (C=O) groups excluding carboxylic acids is 1. The van der Waals surface area contributed by atoms with E-state index >= 15 is 0 Å². The minimum absolute atomic E-state index is 0.0235. The molecule has 1 saturated heterocycles. The van der Waals surface area contributed by atoms with Gasteiger partial charge in [-0.2, -0.15) is 0 Å². The third kappa shape index (κ3) is 6.89. The van der Waals surface area contributed by atoms with Crippen LogP contribution >= 0.6 is 57.9 Å². The van der Waals surface area contributed by atoms with Gasteiger partial charge < -0.3 is 19.9 Å². The van der Waals surface area contributed by atoms with E-state index in [4.69, 9.17) is 49.3 Å². The van der Waals surface area contributed by atoms with Gasteiger partial charge in [0, 0.05) is 22.9 Å². The molecular formula is C28H25Cl3N2O4S2. The zero-order valence-electron chi connectivity index (χ0n) is 20.7. The number of para-hydroxylation sites is 1. The highest BCUT2D eigenvalue weighted by Gasteiger charge is 2.39. The number of thiazole rings is 1. The molecule has 2 heterocycles. The molecule has 204 valence electrons. The van der Waals surface area contributed by atoms with Crippen LogP contribution in [0.1, 0.15) is 36.0 Å². The summed E-state index contributed by atoms with van der Waals surface area (Å²) in [7, 11) is 0. The summed E-state index contributed by atoms with van der Waals surface area (Å²) in [5.74, 6) is -0.0541. The number of alkyl halides is 3. The maximum Gasteiger partial charge on any atom is 0.276 e. The molecule has 0 radical (unpaired) electrons. The number of benzene rings is 3. The first-order chi connectivity index (χ1) is 18.7. The van der Waals surface area contributed by atoms with Gasteiger partial charge in [0.25, 0.3) is 9.70 Å². The number of aromatic nitrogens is 1. The summed E-state index contributed by atoms with van der Waals surface area (Å²) in [5.41, 5.74) is 3.98. The summed E-state index contributed by atoms with van der Waals surface area (Å²) in [6.45, 7) is 2.09. The molecule has 0 aliphatic carbocycles. The molecule has 1 fully saturated rings. The Bertz CT molecular complexity index is 1410. The van der Waals surface area contributed by atoms with Crippen LogP contribution < -0.4 is 5.32 Å². The number of hydrogen-bond acceptors (Lipinski definition) is 7. The van der Waals surface area contributed by atoms with Gasteiger partial charge in [-0.1, -0.05) is 102 Å². The number of amides is 1. The maximum absolute atomic E-state index is 12.2. The van der Waals surface area contributed by atoms with Crippen LogP contribution in [0.4, 0.5) is 5.69 Å². The van der Waals surface area contributed by atoms with Gasteiger partial charge in [-0.15, -0.1) is 11.3 Å². The number of aliphatic hydroxyl groups excluding tert-OH is 1. The molecule has 6 nitrogen and oxygen atoms in total. The van der Waals surface area contributed by atoms with Gasteiger partial charge in [0.15, 0.2) is 10.6 Å². The Balaban J connectivity index is 1.40. The highest BCUT2D eigenvalue weighted by molar-refractivity contribution is 8.01. The average Bonchev–Trinajstić information content (AvgIpc) is 3.35. The Morgan fingerprint density at radius 3 is 2.54 bits per heavy atom. The quantitative estimate of drug-likeness (QED) is 0.162. The second kappa shape index (κ2) is 12.3. The smallest absolute Gasteiger partial charge is 0.276 e. The lowest BCUT2D eigenvalue weighted by molar-refractivity contribution is -0.268. The lowest BCUT2D eigenvalue weighted by Gasteiger charge is -2.41. The Labute approximate surface area is 249 Å². The minimum atomic E-state index is -2.09. The lowest BCUT2D eigenvalue weighted by Crippen LogP contribution is -2.38. The van der Waals surface area contributed by atoms with Crippen molar-refractivity contribution in [1.82, 2.24) is 4.98 Å². The van der Waals surface area contributed by atoms with Crippen molar-refractivity contribution in [3.63, 3.8) is 0 Å². The molecule has 0 saturated carbocycles. The van der Waals surface area contributed by atoms with E-state index in [1.54, 1.807) is 41.3 Å². The number of anilines is 1. The van der Waals surface area contributed by atoms with Gasteiger partial charge in [0.05, 0.1) is 29.0 Å². The van der Waals surface area contributed by atoms with Gasteiger partial charge in [0.1, 0.15) is 0 Å². The fraction of sp³-hybridized carbons (Fsp3) is 0.286. The van der Waals surface area contributed by atoms with Crippen molar-refractivity contribution >= 4 is 79.7 Å². The first-order valence-corrected chi connectivity index (χ1v) is 15.1. The molecule has 1 aliphatic heterocycles. The van der Waals surface area contributed by atoms with Crippen LogP contribution in [0, 0.1) is 5.92 Å². The first kappa shape index (κ1) is 28.6. The fourth-order valence-electron chi connectivity index (χ4n) is 4.34.